The number of benzene rings is 2. The van der Waals surface area contributed by atoms with Crippen molar-refractivity contribution in [1.29, 1.82) is 0 Å². The van der Waals surface area contributed by atoms with Crippen LogP contribution in [-0.2, 0) is 10.0 Å². The van der Waals surface area contributed by atoms with Gasteiger partial charge in [-0.15, -0.1) is 0 Å². The van der Waals surface area contributed by atoms with Crippen LogP contribution in [0.3, 0.4) is 0 Å². The second-order valence-electron chi connectivity index (χ2n) is 5.28. The van der Waals surface area contributed by atoms with Gasteiger partial charge in [0, 0.05) is 29.4 Å². The molecule has 2 aromatic carbocycles. The van der Waals surface area contributed by atoms with E-state index in [0.29, 0.717) is 12.3 Å². The lowest BCUT2D eigenvalue weighted by molar-refractivity contribution is -0.384. The van der Waals surface area contributed by atoms with E-state index in [1.165, 1.54) is 42.5 Å². The zero-order valence-corrected chi connectivity index (χ0v) is 14.9. The molecule has 26 heavy (non-hydrogen) atoms. The van der Waals surface area contributed by atoms with Gasteiger partial charge in [-0.2, -0.15) is 0 Å². The number of ether oxygens (including phenoxy) is 1. The molecule has 1 amide bonds. The Bertz CT molecular complexity index is 926. The van der Waals surface area contributed by atoms with Crippen LogP contribution in [0.4, 0.5) is 17.1 Å². The first-order valence-electron chi connectivity index (χ1n) is 7.50. The number of hydrogen-bond acceptors (Lipinski definition) is 6. The van der Waals surface area contributed by atoms with Crippen molar-refractivity contribution in [2.75, 3.05) is 22.9 Å². The number of nitro groups is 1. The molecule has 2 rings (SSSR count). The van der Waals surface area contributed by atoms with E-state index >= 15 is 0 Å². The first-order chi connectivity index (χ1) is 12.2. The number of rotatable bonds is 7. The Morgan fingerprint density at radius 2 is 1.85 bits per heavy atom. The highest BCUT2D eigenvalue weighted by Crippen LogP contribution is 2.29. The lowest BCUT2D eigenvalue weighted by Gasteiger charge is -2.13. The number of anilines is 2. The van der Waals surface area contributed by atoms with Gasteiger partial charge in [-0.1, -0.05) is 0 Å². The second-order valence-corrected chi connectivity index (χ2v) is 7.02. The number of nitrogens with one attached hydrogen (secondary N) is 2. The molecule has 0 aliphatic heterocycles. The van der Waals surface area contributed by atoms with Crippen LogP contribution in [0.2, 0.25) is 0 Å². The van der Waals surface area contributed by atoms with E-state index in [9.17, 15) is 23.3 Å². The number of hydrogen-bond donors (Lipinski definition) is 2. The SMILES string of the molecule is CCOc1cc(NC(=O)c2ccc([N+](=O)[O-])cc2)ccc1NS(C)(=O)=O. The molecule has 0 fully saturated rings. The summed E-state index contributed by atoms with van der Waals surface area (Å²) in [5.74, 6) is -0.203. The van der Waals surface area contributed by atoms with Crippen molar-refractivity contribution < 1.29 is 22.9 Å². The topological polar surface area (TPSA) is 128 Å². The molecule has 0 spiro atoms. The molecule has 138 valence electrons. The zero-order valence-electron chi connectivity index (χ0n) is 14.1. The average molecular weight is 379 g/mol. The molecule has 2 aromatic rings. The van der Waals surface area contributed by atoms with E-state index in [1.807, 2.05) is 0 Å². The van der Waals surface area contributed by atoms with Crippen LogP contribution < -0.4 is 14.8 Å². The fourth-order valence-corrected chi connectivity index (χ4v) is 2.66. The van der Waals surface area contributed by atoms with Crippen molar-refractivity contribution in [2.45, 2.75) is 6.92 Å². The van der Waals surface area contributed by atoms with E-state index in [2.05, 4.69) is 10.0 Å². The zero-order chi connectivity index (χ0) is 19.3. The number of carbonyl (C=O) groups excluding carboxylic acids is 1. The van der Waals surface area contributed by atoms with E-state index in [-0.39, 0.29) is 22.7 Å². The number of amides is 1. The van der Waals surface area contributed by atoms with Gasteiger partial charge in [0.05, 0.1) is 23.5 Å². The van der Waals surface area contributed by atoms with E-state index < -0.39 is 20.9 Å². The molecular formula is C16H17N3O6S. The normalized spacial score (nSPS) is 10.8. The Balaban J connectivity index is 2.21. The van der Waals surface area contributed by atoms with Crippen LogP contribution in [0.25, 0.3) is 0 Å². The molecule has 9 nitrogen and oxygen atoms in total. The minimum absolute atomic E-state index is 0.114. The molecule has 10 heteroatoms. The van der Waals surface area contributed by atoms with Gasteiger partial charge >= 0.3 is 0 Å². The van der Waals surface area contributed by atoms with Gasteiger partial charge in [-0.3, -0.25) is 19.6 Å². The molecule has 0 saturated carbocycles. The van der Waals surface area contributed by atoms with E-state index in [0.717, 1.165) is 6.26 Å². The van der Waals surface area contributed by atoms with Crippen molar-refractivity contribution in [2.24, 2.45) is 0 Å². The maximum atomic E-state index is 12.2. The summed E-state index contributed by atoms with van der Waals surface area (Å²) in [6.45, 7) is 2.05. The van der Waals surface area contributed by atoms with Gasteiger partial charge in [0.2, 0.25) is 10.0 Å². The van der Waals surface area contributed by atoms with Crippen LogP contribution >= 0.6 is 0 Å². The largest absolute Gasteiger partial charge is 0.492 e. The predicted molar refractivity (Wildman–Crippen MR) is 97.1 cm³/mol. The third-order valence-electron chi connectivity index (χ3n) is 3.17. The highest BCUT2D eigenvalue weighted by atomic mass is 32.2. The quantitative estimate of drug-likeness (QED) is 0.562. The van der Waals surface area contributed by atoms with Crippen molar-refractivity contribution >= 4 is 33.0 Å². The van der Waals surface area contributed by atoms with Gasteiger partial charge in [0.15, 0.2) is 0 Å². The molecule has 0 unspecified atom stereocenters. The number of sulfonamides is 1. The van der Waals surface area contributed by atoms with Crippen molar-refractivity contribution in [3.05, 3.63) is 58.1 Å². The van der Waals surface area contributed by atoms with Crippen LogP contribution in [-0.4, -0.2) is 32.1 Å². The lowest BCUT2D eigenvalue weighted by Crippen LogP contribution is -2.13. The highest BCUT2D eigenvalue weighted by molar-refractivity contribution is 7.92. The van der Waals surface area contributed by atoms with E-state index in [1.54, 1.807) is 6.92 Å². The molecule has 0 heterocycles. The van der Waals surface area contributed by atoms with Gasteiger partial charge in [-0.25, -0.2) is 8.42 Å². The Morgan fingerprint density at radius 3 is 2.38 bits per heavy atom. The Kier molecular flexibility index (Phi) is 5.78. The summed E-state index contributed by atoms with van der Waals surface area (Å²) < 4.78 is 30.5. The molecular weight excluding hydrogens is 362 g/mol. The van der Waals surface area contributed by atoms with Crippen molar-refractivity contribution in [3.63, 3.8) is 0 Å². The van der Waals surface area contributed by atoms with Gasteiger partial charge in [0.25, 0.3) is 11.6 Å². The fourth-order valence-electron chi connectivity index (χ4n) is 2.10. The van der Waals surface area contributed by atoms with Crippen LogP contribution in [0, 0.1) is 10.1 Å². The molecule has 0 aliphatic carbocycles. The fraction of sp³-hybridized carbons (Fsp3) is 0.188. The summed E-state index contributed by atoms with van der Waals surface area (Å²) in [6.07, 6.45) is 1.02. The summed E-state index contributed by atoms with van der Waals surface area (Å²) in [6, 6.07) is 9.63. The summed E-state index contributed by atoms with van der Waals surface area (Å²) >= 11 is 0. The lowest BCUT2D eigenvalue weighted by atomic mass is 10.2. The minimum Gasteiger partial charge on any atom is -0.492 e. The Hall–Kier alpha value is -3.14. The monoisotopic (exact) mass is 379 g/mol. The number of non-ortho nitro benzene ring substituents is 1. The average Bonchev–Trinajstić information content (AvgIpc) is 2.56. The number of nitro benzene ring substituents is 1. The standard InChI is InChI=1S/C16H17N3O6S/c1-3-25-15-10-12(6-9-14(15)18-26(2,23)24)17-16(20)11-4-7-13(8-5-11)19(21)22/h4-10,18H,3H2,1-2H3,(H,17,20). The molecule has 0 saturated heterocycles. The maximum absolute atomic E-state index is 12.2. The van der Waals surface area contributed by atoms with Crippen molar-refractivity contribution in [1.82, 2.24) is 0 Å². The predicted octanol–water partition coefficient (Wildman–Crippen LogP) is 2.62. The molecule has 0 aromatic heterocycles. The summed E-state index contributed by atoms with van der Waals surface area (Å²) in [4.78, 5) is 22.3. The summed E-state index contributed by atoms with van der Waals surface area (Å²) in [7, 11) is -3.48. The number of carbonyl (C=O) groups is 1. The van der Waals surface area contributed by atoms with Gasteiger partial charge < -0.3 is 10.1 Å². The second kappa shape index (κ2) is 7.83. The smallest absolute Gasteiger partial charge is 0.269 e. The first kappa shape index (κ1) is 19.2. The number of nitrogens with zero attached hydrogens (tertiary/aromatic N) is 1. The van der Waals surface area contributed by atoms with Crippen LogP contribution in [0.1, 0.15) is 17.3 Å². The summed E-state index contributed by atoms with van der Waals surface area (Å²) in [5.41, 5.74) is 0.766. The molecule has 0 atom stereocenters. The molecule has 0 bridgehead atoms. The van der Waals surface area contributed by atoms with Crippen LogP contribution in [0.15, 0.2) is 42.5 Å². The molecule has 0 aliphatic rings. The Morgan fingerprint density at radius 1 is 1.19 bits per heavy atom. The van der Waals surface area contributed by atoms with E-state index in [4.69, 9.17) is 4.74 Å². The summed E-state index contributed by atoms with van der Waals surface area (Å²) in [5, 5.41) is 13.3. The third-order valence-corrected chi connectivity index (χ3v) is 3.77. The highest BCUT2D eigenvalue weighted by Gasteiger charge is 2.13. The van der Waals surface area contributed by atoms with Gasteiger partial charge in [-0.05, 0) is 31.2 Å². The maximum Gasteiger partial charge on any atom is 0.269 e. The van der Waals surface area contributed by atoms with Crippen molar-refractivity contribution in [3.8, 4) is 5.75 Å². The van der Waals surface area contributed by atoms with Crippen LogP contribution in [0.5, 0.6) is 5.75 Å². The minimum atomic E-state index is -3.48. The molecule has 0 radical (unpaired) electrons. The third kappa shape index (κ3) is 5.18. The molecule has 2 N–H and O–H groups in total. The first-order valence-corrected chi connectivity index (χ1v) is 9.39. The Labute approximate surface area is 150 Å². The van der Waals surface area contributed by atoms with Gasteiger partial charge in [0.1, 0.15) is 5.75 Å².